The molecule has 2 nitrogen and oxygen atoms in total. The number of halogens is 1. The van der Waals surface area contributed by atoms with Crippen molar-refractivity contribution in [3.8, 4) is 5.75 Å². The smallest absolute Gasteiger partial charge is 0.176 e. The summed E-state index contributed by atoms with van der Waals surface area (Å²) >= 11 is 1.58. The van der Waals surface area contributed by atoms with Gasteiger partial charge < -0.3 is 4.74 Å². The molecule has 1 aromatic carbocycles. The van der Waals surface area contributed by atoms with E-state index in [9.17, 15) is 9.18 Å². The van der Waals surface area contributed by atoms with Crippen LogP contribution in [0.2, 0.25) is 0 Å². The number of rotatable bonds is 6. The van der Waals surface area contributed by atoms with Gasteiger partial charge in [-0.2, -0.15) is 11.8 Å². The third kappa shape index (κ3) is 4.04. The number of carbonyl (C=O) groups is 1. The Balaban J connectivity index is 2.77. The second-order valence-corrected chi connectivity index (χ2v) is 5.22. The summed E-state index contributed by atoms with van der Waals surface area (Å²) in [5.41, 5.74) is 0.323. The van der Waals surface area contributed by atoms with Gasteiger partial charge in [-0.25, -0.2) is 4.39 Å². The van der Waals surface area contributed by atoms with Gasteiger partial charge in [0.1, 0.15) is 11.6 Å². The fraction of sp³-hybridized carbons (Fsp3) is 0.462. The van der Waals surface area contributed by atoms with E-state index in [-0.39, 0.29) is 5.78 Å². The van der Waals surface area contributed by atoms with Crippen molar-refractivity contribution in [2.75, 3.05) is 12.9 Å². The molecule has 0 saturated carbocycles. The van der Waals surface area contributed by atoms with Gasteiger partial charge in [0.15, 0.2) is 5.78 Å². The molecule has 17 heavy (non-hydrogen) atoms. The van der Waals surface area contributed by atoms with Crippen molar-refractivity contribution in [2.24, 2.45) is 0 Å². The van der Waals surface area contributed by atoms with Gasteiger partial charge in [-0.1, -0.05) is 13.8 Å². The van der Waals surface area contributed by atoms with Crippen molar-refractivity contribution in [1.29, 1.82) is 0 Å². The molecular formula is C13H17FO2S. The third-order valence-corrected chi connectivity index (χ3v) is 3.87. The van der Waals surface area contributed by atoms with E-state index in [2.05, 4.69) is 13.8 Å². The summed E-state index contributed by atoms with van der Waals surface area (Å²) in [6.07, 6.45) is 1.01. The molecule has 0 aliphatic carbocycles. The second-order valence-electron chi connectivity index (χ2n) is 3.80. The lowest BCUT2D eigenvalue weighted by Crippen LogP contribution is -2.08. The van der Waals surface area contributed by atoms with Gasteiger partial charge in [-0.05, 0) is 24.6 Å². The molecule has 0 unspecified atom stereocenters. The maximum absolute atomic E-state index is 13.1. The van der Waals surface area contributed by atoms with E-state index in [1.54, 1.807) is 11.8 Å². The topological polar surface area (TPSA) is 26.3 Å². The van der Waals surface area contributed by atoms with Crippen molar-refractivity contribution in [2.45, 2.75) is 25.5 Å². The molecule has 4 heteroatoms. The summed E-state index contributed by atoms with van der Waals surface area (Å²) in [6, 6.07) is 4.01. The molecule has 0 bridgehead atoms. The first-order chi connectivity index (χ1) is 8.08. The predicted octanol–water partition coefficient (Wildman–Crippen LogP) is 3.55. The maximum Gasteiger partial charge on any atom is 0.176 e. The number of hydrogen-bond donors (Lipinski definition) is 0. The first-order valence-corrected chi connectivity index (χ1v) is 6.61. The second kappa shape index (κ2) is 6.64. The van der Waals surface area contributed by atoms with Crippen LogP contribution in [0.25, 0.3) is 0 Å². The lowest BCUT2D eigenvalue weighted by molar-refractivity contribution is 0.101. The molecule has 0 fully saturated rings. The molecule has 0 heterocycles. The van der Waals surface area contributed by atoms with Crippen molar-refractivity contribution >= 4 is 17.5 Å². The summed E-state index contributed by atoms with van der Waals surface area (Å²) < 4.78 is 18.2. The van der Waals surface area contributed by atoms with Crippen LogP contribution in [0.4, 0.5) is 4.39 Å². The van der Waals surface area contributed by atoms with E-state index in [4.69, 9.17) is 4.74 Å². The molecule has 1 aromatic rings. The number of hydrogen-bond acceptors (Lipinski definition) is 3. The summed E-state index contributed by atoms with van der Waals surface area (Å²) in [5.74, 6) is 0.282. The number of ketones is 1. The van der Waals surface area contributed by atoms with E-state index < -0.39 is 5.82 Å². The highest BCUT2D eigenvalue weighted by atomic mass is 32.2. The van der Waals surface area contributed by atoms with Crippen molar-refractivity contribution in [3.05, 3.63) is 29.6 Å². The fourth-order valence-electron chi connectivity index (χ4n) is 1.31. The molecular weight excluding hydrogens is 239 g/mol. The highest BCUT2D eigenvalue weighted by molar-refractivity contribution is 8.00. The minimum absolute atomic E-state index is 0.0911. The Kier molecular flexibility index (Phi) is 5.48. The monoisotopic (exact) mass is 256 g/mol. The van der Waals surface area contributed by atoms with Gasteiger partial charge in [0.2, 0.25) is 0 Å². The van der Waals surface area contributed by atoms with Crippen molar-refractivity contribution < 1.29 is 13.9 Å². The van der Waals surface area contributed by atoms with Gasteiger partial charge >= 0.3 is 0 Å². The van der Waals surface area contributed by atoms with Gasteiger partial charge in [-0.3, -0.25) is 4.79 Å². The largest absolute Gasteiger partial charge is 0.496 e. The Hall–Kier alpha value is -1.03. The molecule has 0 saturated heterocycles. The number of thioether (sulfide) groups is 1. The SMILES string of the molecule is CC[C@@H](C)SCC(=O)c1cc(F)ccc1OC. The third-order valence-electron chi connectivity index (χ3n) is 2.54. The van der Waals surface area contributed by atoms with Gasteiger partial charge in [-0.15, -0.1) is 0 Å². The normalized spacial score (nSPS) is 12.2. The average Bonchev–Trinajstić information content (AvgIpc) is 2.35. The Labute approximate surface area is 106 Å². The number of benzene rings is 1. The first kappa shape index (κ1) is 14.0. The highest BCUT2D eigenvalue weighted by Crippen LogP contribution is 2.23. The van der Waals surface area contributed by atoms with Crippen LogP contribution in [0.5, 0.6) is 5.75 Å². The highest BCUT2D eigenvalue weighted by Gasteiger charge is 2.14. The lowest BCUT2D eigenvalue weighted by atomic mass is 10.1. The summed E-state index contributed by atoms with van der Waals surface area (Å²) in [6.45, 7) is 4.14. The van der Waals surface area contributed by atoms with Crippen LogP contribution in [0, 0.1) is 5.82 Å². The Morgan fingerprint density at radius 2 is 2.24 bits per heavy atom. The molecule has 0 aliphatic heterocycles. The summed E-state index contributed by atoms with van der Waals surface area (Å²) in [7, 11) is 1.48. The van der Waals surface area contributed by atoms with Gasteiger partial charge in [0, 0.05) is 5.25 Å². The van der Waals surface area contributed by atoms with Crippen LogP contribution in [-0.2, 0) is 0 Å². The average molecular weight is 256 g/mol. The maximum atomic E-state index is 13.1. The van der Waals surface area contributed by atoms with Gasteiger partial charge in [0.25, 0.3) is 0 Å². The van der Waals surface area contributed by atoms with Crippen LogP contribution >= 0.6 is 11.8 Å². The van der Waals surface area contributed by atoms with E-state index in [1.807, 2.05) is 0 Å². The van der Waals surface area contributed by atoms with Crippen LogP contribution in [-0.4, -0.2) is 23.9 Å². The van der Waals surface area contributed by atoms with Gasteiger partial charge in [0.05, 0.1) is 18.4 Å². The minimum Gasteiger partial charge on any atom is -0.496 e. The Morgan fingerprint density at radius 1 is 1.53 bits per heavy atom. The molecule has 0 aromatic heterocycles. The Bertz CT molecular complexity index is 393. The lowest BCUT2D eigenvalue weighted by Gasteiger charge is -2.10. The number of methoxy groups -OCH3 is 1. The molecule has 0 amide bonds. The predicted molar refractivity (Wildman–Crippen MR) is 69.5 cm³/mol. The van der Waals surface area contributed by atoms with Crippen LogP contribution in [0.3, 0.4) is 0 Å². The Morgan fingerprint density at radius 3 is 2.82 bits per heavy atom. The zero-order valence-corrected chi connectivity index (χ0v) is 11.1. The summed E-state index contributed by atoms with van der Waals surface area (Å²) in [5, 5.41) is 0.429. The van der Waals surface area contributed by atoms with Crippen LogP contribution in [0.15, 0.2) is 18.2 Å². The van der Waals surface area contributed by atoms with E-state index in [1.165, 1.54) is 25.3 Å². The quantitative estimate of drug-likeness (QED) is 0.728. The molecule has 0 radical (unpaired) electrons. The number of carbonyl (C=O) groups excluding carboxylic acids is 1. The van der Waals surface area contributed by atoms with E-state index >= 15 is 0 Å². The van der Waals surface area contributed by atoms with Crippen LogP contribution < -0.4 is 4.74 Å². The van der Waals surface area contributed by atoms with Crippen LogP contribution in [0.1, 0.15) is 30.6 Å². The van der Waals surface area contributed by atoms with Crippen molar-refractivity contribution in [1.82, 2.24) is 0 Å². The molecule has 1 rings (SSSR count). The van der Waals surface area contributed by atoms with E-state index in [0.29, 0.717) is 22.3 Å². The van der Waals surface area contributed by atoms with E-state index in [0.717, 1.165) is 6.42 Å². The fourth-order valence-corrected chi connectivity index (χ4v) is 2.14. The minimum atomic E-state index is -0.414. The molecule has 94 valence electrons. The summed E-state index contributed by atoms with van der Waals surface area (Å²) in [4.78, 5) is 11.9. The zero-order chi connectivity index (χ0) is 12.8. The molecule has 0 N–H and O–H groups in total. The standard InChI is InChI=1S/C13H17FO2S/c1-4-9(2)17-8-12(15)11-7-10(14)5-6-13(11)16-3/h5-7,9H,4,8H2,1-3H3/t9-/m1/s1. The number of ether oxygens (including phenoxy) is 1. The molecule has 1 atom stereocenters. The molecule has 0 aliphatic rings. The van der Waals surface area contributed by atoms with Crippen molar-refractivity contribution in [3.63, 3.8) is 0 Å². The zero-order valence-electron chi connectivity index (χ0n) is 10.3. The number of Topliss-reactive ketones (excluding diaryl/α,β-unsaturated/α-hetero) is 1. The first-order valence-electron chi connectivity index (χ1n) is 5.56. The molecule has 0 spiro atoms.